The lowest BCUT2D eigenvalue weighted by Crippen LogP contribution is -2.45. The minimum Gasteiger partial charge on any atom is -0.356 e. The molecule has 2 fully saturated rings. The van der Waals surface area contributed by atoms with Crippen LogP contribution in [0, 0.1) is 5.92 Å². The molecule has 1 aliphatic heterocycles. The van der Waals surface area contributed by atoms with E-state index in [9.17, 15) is 0 Å². The van der Waals surface area contributed by atoms with E-state index in [1.807, 2.05) is 7.05 Å². The molecule has 1 saturated heterocycles. The van der Waals surface area contributed by atoms with Crippen LogP contribution >= 0.6 is 24.0 Å². The summed E-state index contributed by atoms with van der Waals surface area (Å²) < 4.78 is 0. The molecule has 1 aliphatic carbocycles. The van der Waals surface area contributed by atoms with E-state index in [0.717, 1.165) is 37.6 Å². The Balaban J connectivity index is 0.00000180. The zero-order valence-electron chi connectivity index (χ0n) is 12.3. The van der Waals surface area contributed by atoms with Gasteiger partial charge in [-0.1, -0.05) is 6.42 Å². The van der Waals surface area contributed by atoms with Crippen molar-refractivity contribution < 1.29 is 0 Å². The lowest BCUT2D eigenvalue weighted by Gasteiger charge is -2.33. The first-order chi connectivity index (χ1) is 8.79. The molecule has 2 rings (SSSR count). The smallest absolute Gasteiger partial charge is 0.191 e. The van der Waals surface area contributed by atoms with Gasteiger partial charge < -0.3 is 10.6 Å². The van der Waals surface area contributed by atoms with Crippen LogP contribution in [0.15, 0.2) is 4.99 Å². The van der Waals surface area contributed by atoms with Crippen LogP contribution in [0.1, 0.15) is 39.0 Å². The number of guanidine groups is 1. The van der Waals surface area contributed by atoms with Gasteiger partial charge in [-0.2, -0.15) is 0 Å². The van der Waals surface area contributed by atoms with Crippen molar-refractivity contribution >= 4 is 29.9 Å². The second-order valence-corrected chi connectivity index (χ2v) is 5.70. The maximum absolute atomic E-state index is 4.27. The normalized spacial score (nSPS) is 24.7. The van der Waals surface area contributed by atoms with Crippen LogP contribution in [-0.4, -0.2) is 50.1 Å². The van der Waals surface area contributed by atoms with E-state index in [4.69, 9.17) is 0 Å². The van der Waals surface area contributed by atoms with Gasteiger partial charge in [0.25, 0.3) is 0 Å². The van der Waals surface area contributed by atoms with Gasteiger partial charge in [-0.25, -0.2) is 0 Å². The Bertz CT molecular complexity index is 279. The SMILES string of the molecule is CN=C(NCCN1CCCCC1C)NCC1CC1.I. The molecular formula is C14H29IN4. The van der Waals surface area contributed by atoms with Crippen molar-refractivity contribution in [2.24, 2.45) is 10.9 Å². The molecule has 1 saturated carbocycles. The maximum Gasteiger partial charge on any atom is 0.191 e. The summed E-state index contributed by atoms with van der Waals surface area (Å²) in [7, 11) is 1.85. The minimum absolute atomic E-state index is 0. The van der Waals surface area contributed by atoms with Gasteiger partial charge in [0.05, 0.1) is 0 Å². The average molecular weight is 380 g/mol. The van der Waals surface area contributed by atoms with E-state index in [0.29, 0.717) is 0 Å². The molecule has 0 radical (unpaired) electrons. The van der Waals surface area contributed by atoms with Crippen LogP contribution in [0.5, 0.6) is 0 Å². The molecule has 0 bridgehead atoms. The Morgan fingerprint density at radius 2 is 2.00 bits per heavy atom. The standard InChI is InChI=1S/C14H28N4.HI/c1-12-5-3-4-9-18(12)10-8-16-14(15-2)17-11-13-6-7-13;/h12-13H,3-11H2,1-2H3,(H2,15,16,17);1H. The van der Waals surface area contributed by atoms with Gasteiger partial charge in [0.15, 0.2) is 5.96 Å². The van der Waals surface area contributed by atoms with Crippen molar-refractivity contribution in [1.82, 2.24) is 15.5 Å². The number of hydrogen-bond donors (Lipinski definition) is 2. The summed E-state index contributed by atoms with van der Waals surface area (Å²) in [4.78, 5) is 6.85. The summed E-state index contributed by atoms with van der Waals surface area (Å²) >= 11 is 0. The van der Waals surface area contributed by atoms with Crippen LogP contribution < -0.4 is 10.6 Å². The lowest BCUT2D eigenvalue weighted by molar-refractivity contribution is 0.163. The Morgan fingerprint density at radius 3 is 2.63 bits per heavy atom. The first-order valence-electron chi connectivity index (χ1n) is 7.48. The summed E-state index contributed by atoms with van der Waals surface area (Å²) in [6.07, 6.45) is 6.88. The fraction of sp³-hybridized carbons (Fsp3) is 0.929. The molecule has 2 aliphatic rings. The molecule has 5 heteroatoms. The van der Waals surface area contributed by atoms with E-state index >= 15 is 0 Å². The predicted molar refractivity (Wildman–Crippen MR) is 92.4 cm³/mol. The van der Waals surface area contributed by atoms with Crippen LogP contribution in [0.2, 0.25) is 0 Å². The molecule has 1 heterocycles. The molecule has 2 N–H and O–H groups in total. The maximum atomic E-state index is 4.27. The first kappa shape index (κ1) is 17.0. The molecule has 1 atom stereocenters. The highest BCUT2D eigenvalue weighted by molar-refractivity contribution is 14.0. The predicted octanol–water partition coefficient (Wildman–Crippen LogP) is 2.05. The summed E-state index contributed by atoms with van der Waals surface area (Å²) in [5, 5.41) is 6.82. The number of rotatable bonds is 5. The van der Waals surface area contributed by atoms with E-state index in [1.54, 1.807) is 0 Å². The molecule has 0 aromatic carbocycles. The van der Waals surface area contributed by atoms with Crippen LogP contribution in [0.3, 0.4) is 0 Å². The minimum atomic E-state index is 0. The van der Waals surface area contributed by atoms with Crippen LogP contribution in [0.4, 0.5) is 0 Å². The van der Waals surface area contributed by atoms with Gasteiger partial charge in [0, 0.05) is 32.7 Å². The quantitative estimate of drug-likeness (QED) is 0.436. The third-order valence-corrected chi connectivity index (χ3v) is 4.11. The van der Waals surface area contributed by atoms with Gasteiger partial charge in [-0.05, 0) is 45.1 Å². The van der Waals surface area contributed by atoms with Gasteiger partial charge in [-0.3, -0.25) is 9.89 Å². The number of piperidine rings is 1. The molecule has 1 unspecified atom stereocenters. The van der Waals surface area contributed by atoms with E-state index in [2.05, 4.69) is 27.4 Å². The van der Waals surface area contributed by atoms with Crippen molar-refractivity contribution in [3.63, 3.8) is 0 Å². The van der Waals surface area contributed by atoms with E-state index in [1.165, 1.54) is 38.6 Å². The molecule has 4 nitrogen and oxygen atoms in total. The molecule has 0 spiro atoms. The lowest BCUT2D eigenvalue weighted by atomic mass is 10.0. The number of hydrogen-bond acceptors (Lipinski definition) is 2. The Morgan fingerprint density at radius 1 is 1.21 bits per heavy atom. The highest BCUT2D eigenvalue weighted by Crippen LogP contribution is 2.27. The fourth-order valence-corrected chi connectivity index (χ4v) is 2.59. The van der Waals surface area contributed by atoms with Crippen molar-refractivity contribution in [3.05, 3.63) is 0 Å². The zero-order valence-corrected chi connectivity index (χ0v) is 14.7. The summed E-state index contributed by atoms with van der Waals surface area (Å²) in [6, 6.07) is 0.752. The van der Waals surface area contributed by atoms with Crippen molar-refractivity contribution in [2.75, 3.05) is 33.2 Å². The van der Waals surface area contributed by atoms with Crippen molar-refractivity contribution in [1.29, 1.82) is 0 Å². The van der Waals surface area contributed by atoms with Gasteiger partial charge in [0.1, 0.15) is 0 Å². The highest BCUT2D eigenvalue weighted by atomic mass is 127. The molecular weight excluding hydrogens is 351 g/mol. The third-order valence-electron chi connectivity index (χ3n) is 4.11. The first-order valence-corrected chi connectivity index (χ1v) is 7.48. The second-order valence-electron chi connectivity index (χ2n) is 5.70. The Kier molecular flexibility index (Phi) is 8.06. The third kappa shape index (κ3) is 6.29. The highest BCUT2D eigenvalue weighted by Gasteiger charge is 2.21. The summed E-state index contributed by atoms with van der Waals surface area (Å²) in [5.41, 5.74) is 0. The molecule has 0 aromatic rings. The Labute approximate surface area is 134 Å². The van der Waals surface area contributed by atoms with Crippen molar-refractivity contribution in [3.8, 4) is 0 Å². The molecule has 112 valence electrons. The van der Waals surface area contributed by atoms with Gasteiger partial charge in [0.2, 0.25) is 0 Å². The number of nitrogens with one attached hydrogen (secondary N) is 2. The largest absolute Gasteiger partial charge is 0.356 e. The summed E-state index contributed by atoms with van der Waals surface area (Å²) in [6.45, 7) is 6.82. The number of likely N-dealkylation sites (tertiary alicyclic amines) is 1. The van der Waals surface area contributed by atoms with Crippen LogP contribution in [-0.2, 0) is 0 Å². The molecule has 19 heavy (non-hydrogen) atoms. The van der Waals surface area contributed by atoms with E-state index < -0.39 is 0 Å². The van der Waals surface area contributed by atoms with Gasteiger partial charge in [-0.15, -0.1) is 24.0 Å². The second kappa shape index (κ2) is 9.00. The van der Waals surface area contributed by atoms with Crippen LogP contribution in [0.25, 0.3) is 0 Å². The monoisotopic (exact) mass is 380 g/mol. The average Bonchev–Trinajstić information content (AvgIpc) is 3.19. The topological polar surface area (TPSA) is 39.7 Å². The number of nitrogens with zero attached hydrogens (tertiary/aromatic N) is 2. The zero-order chi connectivity index (χ0) is 12.8. The molecule has 0 amide bonds. The summed E-state index contributed by atoms with van der Waals surface area (Å²) in [5.74, 6) is 1.86. The van der Waals surface area contributed by atoms with E-state index in [-0.39, 0.29) is 24.0 Å². The van der Waals surface area contributed by atoms with Gasteiger partial charge >= 0.3 is 0 Å². The molecule has 0 aromatic heterocycles. The number of aliphatic imine (C=N–C) groups is 1. The Hall–Kier alpha value is -0.0400. The number of halogens is 1. The van der Waals surface area contributed by atoms with Crippen molar-refractivity contribution in [2.45, 2.75) is 45.1 Å². The fourth-order valence-electron chi connectivity index (χ4n) is 2.59.